The lowest BCUT2D eigenvalue weighted by Crippen LogP contribution is -2.31. The molecule has 0 aliphatic carbocycles. The van der Waals surface area contributed by atoms with Crippen LogP contribution < -0.4 is 25.4 Å². The van der Waals surface area contributed by atoms with Crippen molar-refractivity contribution in [3.63, 3.8) is 0 Å². The molecule has 0 saturated heterocycles. The Morgan fingerprint density at radius 2 is 1.82 bits per heavy atom. The molecule has 0 radical (unpaired) electrons. The Morgan fingerprint density at radius 1 is 1.11 bits per heavy atom. The van der Waals surface area contributed by atoms with E-state index in [1.165, 1.54) is 0 Å². The molecule has 0 spiro atoms. The first-order valence-corrected chi connectivity index (χ1v) is 9.29. The van der Waals surface area contributed by atoms with Crippen molar-refractivity contribution in [2.24, 2.45) is 10.7 Å². The van der Waals surface area contributed by atoms with Crippen LogP contribution in [0.5, 0.6) is 11.5 Å². The number of fused-ring (bicyclic) bond motifs is 4. The number of ether oxygens (including phenoxy) is 2. The fourth-order valence-corrected chi connectivity index (χ4v) is 3.59. The number of aliphatic imine (C=N–C) groups is 1. The van der Waals surface area contributed by atoms with Gasteiger partial charge in [0.25, 0.3) is 0 Å². The topological polar surface area (TPSA) is 89.9 Å². The third kappa shape index (κ3) is 2.69. The number of hydrogen-bond donors (Lipinski definition) is 2. The Hall–Kier alpha value is -3.42. The first kappa shape index (κ1) is 16.7. The van der Waals surface area contributed by atoms with E-state index in [-0.39, 0.29) is 6.17 Å². The summed E-state index contributed by atoms with van der Waals surface area (Å²) in [6, 6.07) is 12.2. The Labute approximate surface area is 162 Å². The predicted molar refractivity (Wildman–Crippen MR) is 109 cm³/mol. The van der Waals surface area contributed by atoms with Gasteiger partial charge in [-0.25, -0.2) is 9.98 Å². The molecule has 3 aromatic rings. The average molecular weight is 378 g/mol. The smallest absolute Gasteiger partial charge is 0.212 e. The molecular weight excluding hydrogens is 356 g/mol. The second-order valence-electron chi connectivity index (χ2n) is 7.14. The van der Waals surface area contributed by atoms with Crippen LogP contribution in [-0.4, -0.2) is 42.8 Å². The Balaban J connectivity index is 1.65. The minimum Gasteiger partial charge on any atom is -0.489 e. The summed E-state index contributed by atoms with van der Waals surface area (Å²) in [6.07, 6.45) is 0.558. The molecule has 1 aromatic heterocycles. The fourth-order valence-electron chi connectivity index (χ4n) is 3.59. The first-order valence-electron chi connectivity index (χ1n) is 9.29. The second kappa shape index (κ2) is 6.33. The third-order valence-electron chi connectivity index (χ3n) is 5.01. The van der Waals surface area contributed by atoms with Crippen LogP contribution in [0.3, 0.4) is 0 Å². The van der Waals surface area contributed by atoms with Crippen LogP contribution in [0.25, 0.3) is 11.0 Å². The average Bonchev–Trinajstić information content (AvgIpc) is 2.87. The van der Waals surface area contributed by atoms with Gasteiger partial charge in [0.2, 0.25) is 5.95 Å². The highest BCUT2D eigenvalue weighted by atomic mass is 16.5. The molecule has 2 aromatic carbocycles. The summed E-state index contributed by atoms with van der Waals surface area (Å²) in [7, 11) is 4.04. The number of hydrogen-bond acceptors (Lipinski definition) is 7. The molecule has 2 aliphatic rings. The maximum atomic E-state index is 6.05. The molecule has 0 fully saturated rings. The van der Waals surface area contributed by atoms with Gasteiger partial charge in [-0.3, -0.25) is 9.88 Å². The zero-order valence-electron chi connectivity index (χ0n) is 15.8. The van der Waals surface area contributed by atoms with Gasteiger partial charge in [-0.05, 0) is 17.7 Å². The van der Waals surface area contributed by atoms with Crippen LogP contribution in [0.4, 0.5) is 11.6 Å². The number of rotatable bonds is 2. The molecule has 0 amide bonds. The van der Waals surface area contributed by atoms with Gasteiger partial charge in [-0.2, -0.15) is 0 Å². The highest BCUT2D eigenvalue weighted by Crippen LogP contribution is 2.39. The number of imidazole rings is 1. The van der Waals surface area contributed by atoms with Crippen molar-refractivity contribution in [3.8, 4) is 11.5 Å². The van der Waals surface area contributed by atoms with Crippen LogP contribution in [0.2, 0.25) is 0 Å². The Bertz CT molecular complexity index is 1070. The van der Waals surface area contributed by atoms with E-state index in [1.807, 2.05) is 30.8 Å². The van der Waals surface area contributed by atoms with Gasteiger partial charge < -0.3 is 20.1 Å². The highest BCUT2D eigenvalue weighted by molar-refractivity contribution is 5.95. The van der Waals surface area contributed by atoms with E-state index in [2.05, 4.69) is 39.5 Å². The van der Waals surface area contributed by atoms with E-state index in [4.69, 9.17) is 20.2 Å². The molecule has 0 bridgehead atoms. The molecule has 3 N–H and O–H groups in total. The van der Waals surface area contributed by atoms with Crippen molar-refractivity contribution in [2.75, 3.05) is 37.5 Å². The van der Waals surface area contributed by atoms with Gasteiger partial charge >= 0.3 is 0 Å². The first-order chi connectivity index (χ1) is 13.6. The predicted octanol–water partition coefficient (Wildman–Crippen LogP) is 2.55. The number of anilines is 2. The molecule has 8 heteroatoms. The van der Waals surface area contributed by atoms with E-state index >= 15 is 0 Å². The second-order valence-corrected chi connectivity index (χ2v) is 7.14. The number of benzene rings is 2. The fraction of sp³-hybridized carbons (Fsp3) is 0.300. The van der Waals surface area contributed by atoms with Crippen LogP contribution in [0, 0.1) is 0 Å². The largest absolute Gasteiger partial charge is 0.489 e. The number of nitrogens with two attached hydrogens (primary N) is 1. The maximum Gasteiger partial charge on any atom is 0.212 e. The van der Waals surface area contributed by atoms with Gasteiger partial charge in [-0.15, -0.1) is 0 Å². The standard InChI is InChI=1S/C20H22N6O2/c1-25(2)13-6-4-12(5-7-13)18-23-19(21)24-20-22-14-10-16-17(11-15(14)26(18)20)28-9-3-8-27-16/h4-7,10-11,18H,3,8-9H2,1-2H3,(H3,21,22,23,24)/t18-/m1/s1. The quantitative estimate of drug-likeness (QED) is 0.712. The van der Waals surface area contributed by atoms with Crippen LogP contribution in [-0.2, 0) is 0 Å². The molecule has 8 nitrogen and oxygen atoms in total. The lowest BCUT2D eigenvalue weighted by Gasteiger charge is -2.24. The summed E-state index contributed by atoms with van der Waals surface area (Å²) in [5.74, 6) is 2.46. The van der Waals surface area contributed by atoms with Crippen molar-refractivity contribution in [3.05, 3.63) is 42.0 Å². The molecule has 0 saturated carbocycles. The van der Waals surface area contributed by atoms with Crippen molar-refractivity contribution in [1.29, 1.82) is 0 Å². The van der Waals surface area contributed by atoms with Gasteiger partial charge in [0.1, 0.15) is 0 Å². The molecule has 2 aliphatic heterocycles. The minimum atomic E-state index is -0.304. The third-order valence-corrected chi connectivity index (χ3v) is 5.01. The van der Waals surface area contributed by atoms with E-state index in [1.54, 1.807) is 0 Å². The summed E-state index contributed by atoms with van der Waals surface area (Å²) in [5, 5.41) is 3.07. The summed E-state index contributed by atoms with van der Waals surface area (Å²) < 4.78 is 13.7. The lowest BCUT2D eigenvalue weighted by molar-refractivity contribution is 0.297. The number of nitrogens with zero attached hydrogens (tertiary/aromatic N) is 4. The van der Waals surface area contributed by atoms with Crippen LogP contribution in [0.1, 0.15) is 18.2 Å². The Morgan fingerprint density at radius 3 is 2.54 bits per heavy atom. The van der Waals surface area contributed by atoms with Crippen LogP contribution in [0.15, 0.2) is 41.4 Å². The van der Waals surface area contributed by atoms with Crippen molar-refractivity contribution in [1.82, 2.24) is 9.55 Å². The zero-order valence-corrected chi connectivity index (χ0v) is 15.8. The number of aromatic nitrogens is 2. The van der Waals surface area contributed by atoms with E-state index in [0.29, 0.717) is 25.1 Å². The van der Waals surface area contributed by atoms with E-state index in [9.17, 15) is 0 Å². The van der Waals surface area contributed by atoms with Crippen molar-refractivity contribution in [2.45, 2.75) is 12.6 Å². The normalized spacial score (nSPS) is 18.1. The zero-order chi connectivity index (χ0) is 19.3. The summed E-state index contributed by atoms with van der Waals surface area (Å²) >= 11 is 0. The van der Waals surface area contributed by atoms with Crippen LogP contribution >= 0.6 is 0 Å². The lowest BCUT2D eigenvalue weighted by atomic mass is 10.1. The number of nitrogens with one attached hydrogen (secondary N) is 1. The SMILES string of the molecule is CN(C)c1ccc([C@@H]2N=C(N)Nc3nc4cc5c(cc4n32)OCCCO5)cc1. The number of guanidine groups is 1. The molecule has 3 heterocycles. The van der Waals surface area contributed by atoms with Gasteiger partial charge in [0.05, 0.1) is 24.2 Å². The highest BCUT2D eigenvalue weighted by Gasteiger charge is 2.27. The molecule has 5 rings (SSSR count). The van der Waals surface area contributed by atoms with E-state index in [0.717, 1.165) is 40.2 Å². The molecule has 28 heavy (non-hydrogen) atoms. The monoisotopic (exact) mass is 378 g/mol. The summed E-state index contributed by atoms with van der Waals surface area (Å²) in [4.78, 5) is 11.4. The maximum absolute atomic E-state index is 6.05. The van der Waals surface area contributed by atoms with Crippen molar-refractivity contribution < 1.29 is 9.47 Å². The minimum absolute atomic E-state index is 0.304. The Kier molecular flexibility index (Phi) is 3.78. The molecule has 0 unspecified atom stereocenters. The van der Waals surface area contributed by atoms with E-state index < -0.39 is 0 Å². The van der Waals surface area contributed by atoms with Gasteiger partial charge in [0, 0.05) is 38.3 Å². The summed E-state index contributed by atoms with van der Waals surface area (Å²) in [6.45, 7) is 1.28. The summed E-state index contributed by atoms with van der Waals surface area (Å²) in [5.41, 5.74) is 9.94. The van der Waals surface area contributed by atoms with Crippen molar-refractivity contribution >= 4 is 28.6 Å². The molecule has 1 atom stereocenters. The molecular formula is C20H22N6O2. The van der Waals surface area contributed by atoms with Gasteiger partial charge in [0.15, 0.2) is 23.6 Å². The molecule has 144 valence electrons. The van der Waals surface area contributed by atoms with Gasteiger partial charge in [-0.1, -0.05) is 12.1 Å².